The van der Waals surface area contributed by atoms with Gasteiger partial charge in [0, 0.05) is 17.8 Å². The molecule has 1 amide bonds. The Morgan fingerprint density at radius 3 is 2.32 bits per heavy atom. The van der Waals surface area contributed by atoms with Crippen molar-refractivity contribution in [1.29, 1.82) is 0 Å². The number of hydrogen-bond donors (Lipinski definition) is 3. The number of aryl methyl sites for hydroxylation is 1. The highest BCUT2D eigenvalue weighted by Crippen LogP contribution is 2.27. The standard InChI is InChI=1S/C17H28N2O3/c1-7-10(4)13(21)8-18-17(22)16-14(9(2)3)15(12(6)20)11(5)19-16/h9-10,13,19,21H,7-8H2,1-6H3,(H,18,22). The van der Waals surface area contributed by atoms with E-state index >= 15 is 0 Å². The molecule has 0 fully saturated rings. The van der Waals surface area contributed by atoms with Gasteiger partial charge < -0.3 is 15.4 Å². The van der Waals surface area contributed by atoms with Crippen LogP contribution in [0, 0.1) is 12.8 Å². The molecule has 124 valence electrons. The van der Waals surface area contributed by atoms with E-state index in [9.17, 15) is 14.7 Å². The fourth-order valence-corrected chi connectivity index (χ4v) is 2.61. The number of Topliss-reactive ketones (excluding diaryl/α,β-unsaturated/α-hetero) is 1. The Hall–Kier alpha value is -1.62. The van der Waals surface area contributed by atoms with Crippen LogP contribution < -0.4 is 5.32 Å². The summed E-state index contributed by atoms with van der Waals surface area (Å²) in [6, 6.07) is 0. The first kappa shape index (κ1) is 18.4. The number of H-pyrrole nitrogens is 1. The molecule has 2 unspecified atom stereocenters. The van der Waals surface area contributed by atoms with Crippen molar-refractivity contribution in [3.8, 4) is 0 Å². The summed E-state index contributed by atoms with van der Waals surface area (Å²) < 4.78 is 0. The molecule has 5 nitrogen and oxygen atoms in total. The van der Waals surface area contributed by atoms with E-state index < -0.39 is 6.10 Å². The summed E-state index contributed by atoms with van der Waals surface area (Å²) in [4.78, 5) is 27.3. The van der Waals surface area contributed by atoms with Gasteiger partial charge in [0.2, 0.25) is 0 Å². The minimum absolute atomic E-state index is 0.0452. The highest BCUT2D eigenvalue weighted by atomic mass is 16.3. The Morgan fingerprint density at radius 2 is 1.86 bits per heavy atom. The van der Waals surface area contributed by atoms with E-state index in [1.807, 2.05) is 27.7 Å². The van der Waals surface area contributed by atoms with Gasteiger partial charge in [0.1, 0.15) is 5.69 Å². The van der Waals surface area contributed by atoms with E-state index in [1.54, 1.807) is 6.92 Å². The van der Waals surface area contributed by atoms with Gasteiger partial charge in [0.25, 0.3) is 5.91 Å². The number of carbonyl (C=O) groups excluding carboxylic acids is 2. The SMILES string of the molecule is CCC(C)C(O)CNC(=O)c1[nH]c(C)c(C(C)=O)c1C(C)C. The molecule has 0 radical (unpaired) electrons. The van der Waals surface area contributed by atoms with Gasteiger partial charge in [-0.25, -0.2) is 0 Å². The summed E-state index contributed by atoms with van der Waals surface area (Å²) in [6.07, 6.45) is 0.282. The van der Waals surface area contributed by atoms with Crippen LogP contribution in [0.25, 0.3) is 0 Å². The number of aromatic amines is 1. The topological polar surface area (TPSA) is 82.2 Å². The minimum Gasteiger partial charge on any atom is -0.391 e. The third kappa shape index (κ3) is 3.97. The van der Waals surface area contributed by atoms with Crippen molar-refractivity contribution >= 4 is 11.7 Å². The molecular formula is C17H28N2O3. The number of aliphatic hydroxyl groups is 1. The zero-order valence-electron chi connectivity index (χ0n) is 14.4. The van der Waals surface area contributed by atoms with Crippen molar-refractivity contribution in [1.82, 2.24) is 10.3 Å². The summed E-state index contributed by atoms with van der Waals surface area (Å²) in [6.45, 7) is 11.4. The molecule has 22 heavy (non-hydrogen) atoms. The van der Waals surface area contributed by atoms with Gasteiger partial charge in [-0.15, -0.1) is 0 Å². The molecule has 2 atom stereocenters. The van der Waals surface area contributed by atoms with Gasteiger partial charge >= 0.3 is 0 Å². The van der Waals surface area contributed by atoms with Gasteiger partial charge in [-0.3, -0.25) is 9.59 Å². The second-order valence-corrected chi connectivity index (χ2v) is 6.29. The molecule has 1 heterocycles. The third-order valence-electron chi connectivity index (χ3n) is 4.16. The van der Waals surface area contributed by atoms with E-state index in [0.29, 0.717) is 17.0 Å². The molecule has 5 heteroatoms. The van der Waals surface area contributed by atoms with Gasteiger partial charge in [-0.1, -0.05) is 34.1 Å². The molecule has 1 aromatic heterocycles. The average molecular weight is 308 g/mol. The van der Waals surface area contributed by atoms with E-state index in [2.05, 4.69) is 10.3 Å². The van der Waals surface area contributed by atoms with Crippen LogP contribution in [0.4, 0.5) is 0 Å². The molecule has 0 saturated carbocycles. The first-order valence-electron chi connectivity index (χ1n) is 7.90. The molecule has 0 spiro atoms. The van der Waals surface area contributed by atoms with Crippen molar-refractivity contribution in [2.45, 2.75) is 60.0 Å². The quantitative estimate of drug-likeness (QED) is 0.677. The first-order valence-corrected chi connectivity index (χ1v) is 7.90. The Labute approximate surface area is 132 Å². The minimum atomic E-state index is -0.570. The van der Waals surface area contributed by atoms with Crippen LogP contribution in [-0.2, 0) is 0 Å². The van der Waals surface area contributed by atoms with Crippen LogP contribution in [0.5, 0.6) is 0 Å². The predicted molar refractivity (Wildman–Crippen MR) is 87.4 cm³/mol. The lowest BCUT2D eigenvalue weighted by Crippen LogP contribution is -2.36. The van der Waals surface area contributed by atoms with E-state index in [0.717, 1.165) is 12.0 Å². The average Bonchev–Trinajstić information content (AvgIpc) is 2.81. The molecule has 1 rings (SSSR count). The number of aromatic nitrogens is 1. The molecule has 1 aromatic rings. The Kier molecular flexibility index (Phi) is 6.35. The number of aliphatic hydroxyl groups excluding tert-OH is 1. The van der Waals surface area contributed by atoms with Crippen molar-refractivity contribution in [3.63, 3.8) is 0 Å². The Morgan fingerprint density at radius 1 is 1.27 bits per heavy atom. The number of carbonyl (C=O) groups is 2. The molecule has 0 aliphatic heterocycles. The maximum absolute atomic E-state index is 12.4. The lowest BCUT2D eigenvalue weighted by atomic mass is 9.95. The lowest BCUT2D eigenvalue weighted by molar-refractivity contribution is 0.0845. The van der Waals surface area contributed by atoms with Crippen LogP contribution >= 0.6 is 0 Å². The monoisotopic (exact) mass is 308 g/mol. The Balaban J connectivity index is 2.99. The van der Waals surface area contributed by atoms with Gasteiger partial charge in [0.05, 0.1) is 6.10 Å². The van der Waals surface area contributed by atoms with Crippen molar-refractivity contribution in [2.24, 2.45) is 5.92 Å². The molecular weight excluding hydrogens is 280 g/mol. The normalized spacial score (nSPS) is 14.0. The van der Waals surface area contributed by atoms with E-state index in [1.165, 1.54) is 6.92 Å². The van der Waals surface area contributed by atoms with Crippen molar-refractivity contribution < 1.29 is 14.7 Å². The van der Waals surface area contributed by atoms with E-state index in [-0.39, 0.29) is 30.1 Å². The highest BCUT2D eigenvalue weighted by molar-refractivity contribution is 6.03. The number of nitrogens with one attached hydrogen (secondary N) is 2. The maximum atomic E-state index is 12.4. The second-order valence-electron chi connectivity index (χ2n) is 6.29. The van der Waals surface area contributed by atoms with Crippen LogP contribution in [-0.4, -0.2) is 34.4 Å². The molecule has 0 saturated heterocycles. The van der Waals surface area contributed by atoms with E-state index in [4.69, 9.17) is 0 Å². The molecule has 0 bridgehead atoms. The van der Waals surface area contributed by atoms with Crippen LogP contribution in [0.3, 0.4) is 0 Å². The van der Waals surface area contributed by atoms with Crippen molar-refractivity contribution in [2.75, 3.05) is 6.54 Å². The molecule has 0 aliphatic rings. The second kappa shape index (κ2) is 7.58. The summed E-state index contributed by atoms with van der Waals surface area (Å²) in [5.74, 6) is -0.134. The van der Waals surface area contributed by atoms with Crippen LogP contribution in [0.2, 0.25) is 0 Å². The smallest absolute Gasteiger partial charge is 0.268 e. The summed E-state index contributed by atoms with van der Waals surface area (Å²) >= 11 is 0. The largest absolute Gasteiger partial charge is 0.391 e. The van der Waals surface area contributed by atoms with Gasteiger partial charge in [-0.2, -0.15) is 0 Å². The van der Waals surface area contributed by atoms with Crippen LogP contribution in [0.1, 0.15) is 79.1 Å². The fourth-order valence-electron chi connectivity index (χ4n) is 2.61. The maximum Gasteiger partial charge on any atom is 0.268 e. The molecule has 3 N–H and O–H groups in total. The number of hydrogen-bond acceptors (Lipinski definition) is 3. The van der Waals surface area contributed by atoms with Crippen molar-refractivity contribution in [3.05, 3.63) is 22.5 Å². The zero-order valence-corrected chi connectivity index (χ0v) is 14.4. The number of rotatable bonds is 7. The summed E-state index contributed by atoms with van der Waals surface area (Å²) in [5.41, 5.74) is 2.49. The lowest BCUT2D eigenvalue weighted by Gasteiger charge is -2.18. The highest BCUT2D eigenvalue weighted by Gasteiger charge is 2.25. The number of ketones is 1. The zero-order chi connectivity index (χ0) is 17.0. The first-order chi connectivity index (χ1) is 10.2. The summed E-state index contributed by atoms with van der Waals surface area (Å²) in [7, 11) is 0. The Bertz CT molecular complexity index is 546. The third-order valence-corrected chi connectivity index (χ3v) is 4.16. The number of amides is 1. The molecule has 0 aromatic carbocycles. The molecule has 0 aliphatic carbocycles. The van der Waals surface area contributed by atoms with Gasteiger partial charge in [-0.05, 0) is 31.2 Å². The predicted octanol–water partition coefficient (Wildman–Crippen LogP) is 2.79. The summed E-state index contributed by atoms with van der Waals surface area (Å²) in [5, 5.41) is 12.7. The van der Waals surface area contributed by atoms with Crippen LogP contribution in [0.15, 0.2) is 0 Å². The van der Waals surface area contributed by atoms with Gasteiger partial charge in [0.15, 0.2) is 5.78 Å². The fraction of sp³-hybridized carbons (Fsp3) is 0.647.